The Morgan fingerprint density at radius 2 is 1.56 bits per heavy atom. The average Bonchev–Trinajstić information content (AvgIpc) is 2.60. The summed E-state index contributed by atoms with van der Waals surface area (Å²) in [5.41, 5.74) is 2.19. The zero-order valence-electron chi connectivity index (χ0n) is 15.1. The summed E-state index contributed by atoms with van der Waals surface area (Å²) in [6, 6.07) is 17.4. The lowest BCUT2D eigenvalue weighted by Crippen LogP contribution is -2.27. The molecule has 5 nitrogen and oxygen atoms in total. The molecule has 0 heterocycles. The first-order valence-corrected chi connectivity index (χ1v) is 9.64. The molecule has 0 fully saturated rings. The molecule has 2 rings (SSSR count). The third-order valence-electron chi connectivity index (χ3n) is 3.94. The Hall–Kier alpha value is -1.73. The molecule has 0 aliphatic rings. The molecule has 0 N–H and O–H groups in total. The number of ether oxygens (including phenoxy) is 1. The standard InChI is InChI=1S/C19H26N2O3S/c1-20(2)25(22,23)19-11-7-10-18(14-19)16-21(12-13-24-3)15-17-8-5-4-6-9-17/h4-11,14H,12-13,15-16H2,1-3H3. The molecule has 0 aromatic heterocycles. The first kappa shape index (κ1) is 19.6. The van der Waals surface area contributed by atoms with Crippen LogP contribution in [0.25, 0.3) is 0 Å². The van der Waals surface area contributed by atoms with Crippen molar-refractivity contribution in [2.45, 2.75) is 18.0 Å². The van der Waals surface area contributed by atoms with Crippen molar-refractivity contribution in [3.8, 4) is 0 Å². The van der Waals surface area contributed by atoms with Gasteiger partial charge in [-0.25, -0.2) is 12.7 Å². The zero-order valence-corrected chi connectivity index (χ0v) is 15.9. The minimum absolute atomic E-state index is 0.321. The molecule has 0 amide bonds. The lowest BCUT2D eigenvalue weighted by Gasteiger charge is -2.22. The van der Waals surface area contributed by atoms with Crippen LogP contribution in [0.4, 0.5) is 0 Å². The number of methoxy groups -OCH3 is 1. The van der Waals surface area contributed by atoms with Gasteiger partial charge in [-0.15, -0.1) is 0 Å². The van der Waals surface area contributed by atoms with Crippen LogP contribution < -0.4 is 0 Å². The van der Waals surface area contributed by atoms with Gasteiger partial charge in [0.05, 0.1) is 11.5 Å². The quantitative estimate of drug-likeness (QED) is 0.688. The molecular weight excluding hydrogens is 336 g/mol. The van der Waals surface area contributed by atoms with Crippen LogP contribution >= 0.6 is 0 Å². The Morgan fingerprint density at radius 1 is 0.920 bits per heavy atom. The van der Waals surface area contributed by atoms with Crippen molar-refractivity contribution < 1.29 is 13.2 Å². The van der Waals surface area contributed by atoms with Gasteiger partial charge in [0.15, 0.2) is 0 Å². The van der Waals surface area contributed by atoms with E-state index in [9.17, 15) is 8.42 Å². The summed E-state index contributed by atoms with van der Waals surface area (Å²) in [5.74, 6) is 0. The smallest absolute Gasteiger partial charge is 0.242 e. The summed E-state index contributed by atoms with van der Waals surface area (Å²) in [5, 5.41) is 0. The molecular formula is C19H26N2O3S. The van der Waals surface area contributed by atoms with Crippen LogP contribution in [0, 0.1) is 0 Å². The van der Waals surface area contributed by atoms with Crippen molar-refractivity contribution in [2.24, 2.45) is 0 Å². The fourth-order valence-corrected chi connectivity index (χ4v) is 3.52. The number of nitrogens with zero attached hydrogens (tertiary/aromatic N) is 2. The highest BCUT2D eigenvalue weighted by molar-refractivity contribution is 7.89. The second kappa shape index (κ2) is 9.10. The largest absolute Gasteiger partial charge is 0.383 e. The first-order valence-electron chi connectivity index (χ1n) is 8.20. The topological polar surface area (TPSA) is 49.9 Å². The molecule has 25 heavy (non-hydrogen) atoms. The average molecular weight is 362 g/mol. The van der Waals surface area contributed by atoms with Crippen LogP contribution in [-0.2, 0) is 27.8 Å². The lowest BCUT2D eigenvalue weighted by molar-refractivity contribution is 0.140. The Bertz CT molecular complexity index is 761. The second-order valence-corrected chi connectivity index (χ2v) is 8.28. The third kappa shape index (κ3) is 5.64. The van der Waals surface area contributed by atoms with Crippen molar-refractivity contribution in [2.75, 3.05) is 34.4 Å². The predicted octanol–water partition coefficient (Wildman–Crippen LogP) is 2.59. The Labute approximate surface area is 150 Å². The molecule has 0 aliphatic heterocycles. The van der Waals surface area contributed by atoms with Gasteiger partial charge in [0, 0.05) is 40.8 Å². The number of hydrogen-bond acceptors (Lipinski definition) is 4. The van der Waals surface area contributed by atoms with Crippen molar-refractivity contribution in [3.05, 3.63) is 65.7 Å². The normalized spacial score (nSPS) is 12.0. The van der Waals surface area contributed by atoms with E-state index in [0.717, 1.165) is 18.7 Å². The van der Waals surface area contributed by atoms with Gasteiger partial charge >= 0.3 is 0 Å². The summed E-state index contributed by atoms with van der Waals surface area (Å²) >= 11 is 0. The molecule has 0 atom stereocenters. The van der Waals surface area contributed by atoms with Gasteiger partial charge in [-0.05, 0) is 23.3 Å². The summed E-state index contributed by atoms with van der Waals surface area (Å²) in [6.07, 6.45) is 0. The van der Waals surface area contributed by atoms with Crippen molar-refractivity contribution >= 4 is 10.0 Å². The maximum atomic E-state index is 12.3. The lowest BCUT2D eigenvalue weighted by atomic mass is 10.1. The third-order valence-corrected chi connectivity index (χ3v) is 5.75. The van der Waals surface area contributed by atoms with Crippen LogP contribution in [0.15, 0.2) is 59.5 Å². The Balaban J connectivity index is 2.18. The number of sulfonamides is 1. The number of benzene rings is 2. The highest BCUT2D eigenvalue weighted by Gasteiger charge is 2.17. The van der Waals surface area contributed by atoms with E-state index >= 15 is 0 Å². The van der Waals surface area contributed by atoms with E-state index in [1.165, 1.54) is 9.87 Å². The maximum absolute atomic E-state index is 12.3. The zero-order chi connectivity index (χ0) is 18.3. The van der Waals surface area contributed by atoms with E-state index in [-0.39, 0.29) is 0 Å². The number of rotatable bonds is 9. The van der Waals surface area contributed by atoms with E-state index < -0.39 is 10.0 Å². The van der Waals surface area contributed by atoms with Crippen LogP contribution in [0.5, 0.6) is 0 Å². The van der Waals surface area contributed by atoms with Gasteiger partial charge in [0.1, 0.15) is 0 Å². The Kier molecular flexibility index (Phi) is 7.13. The van der Waals surface area contributed by atoms with Gasteiger partial charge in [-0.2, -0.15) is 0 Å². The van der Waals surface area contributed by atoms with Gasteiger partial charge in [-0.3, -0.25) is 4.90 Å². The van der Waals surface area contributed by atoms with Gasteiger partial charge in [0.25, 0.3) is 0 Å². The van der Waals surface area contributed by atoms with Gasteiger partial charge < -0.3 is 4.74 Å². The SMILES string of the molecule is COCCN(Cc1ccccc1)Cc1cccc(S(=O)(=O)N(C)C)c1. The molecule has 0 aliphatic carbocycles. The highest BCUT2D eigenvalue weighted by atomic mass is 32.2. The van der Waals surface area contributed by atoms with Gasteiger partial charge in [-0.1, -0.05) is 42.5 Å². The van der Waals surface area contributed by atoms with Crippen LogP contribution in [0.2, 0.25) is 0 Å². The molecule has 6 heteroatoms. The Morgan fingerprint density at radius 3 is 2.20 bits per heavy atom. The van der Waals surface area contributed by atoms with Crippen LogP contribution in [-0.4, -0.2) is 52.0 Å². The first-order chi connectivity index (χ1) is 11.9. The van der Waals surface area contributed by atoms with E-state index in [1.54, 1.807) is 39.4 Å². The minimum atomic E-state index is -3.42. The summed E-state index contributed by atoms with van der Waals surface area (Å²) in [7, 11) is 1.35. The van der Waals surface area contributed by atoms with E-state index in [1.807, 2.05) is 24.3 Å². The molecule has 2 aromatic carbocycles. The fourth-order valence-electron chi connectivity index (χ4n) is 2.55. The van der Waals surface area contributed by atoms with E-state index in [2.05, 4.69) is 17.0 Å². The van der Waals surface area contributed by atoms with Crippen LogP contribution in [0.3, 0.4) is 0 Å². The van der Waals surface area contributed by atoms with E-state index in [4.69, 9.17) is 4.74 Å². The molecule has 0 spiro atoms. The van der Waals surface area contributed by atoms with Crippen molar-refractivity contribution in [3.63, 3.8) is 0 Å². The molecule has 2 aromatic rings. The highest BCUT2D eigenvalue weighted by Crippen LogP contribution is 2.17. The van der Waals surface area contributed by atoms with Crippen LogP contribution in [0.1, 0.15) is 11.1 Å². The predicted molar refractivity (Wildman–Crippen MR) is 99.7 cm³/mol. The van der Waals surface area contributed by atoms with Gasteiger partial charge in [0.2, 0.25) is 10.0 Å². The van der Waals surface area contributed by atoms with E-state index in [0.29, 0.717) is 18.0 Å². The summed E-state index contributed by atoms with van der Waals surface area (Å²) in [4.78, 5) is 2.57. The fraction of sp³-hybridized carbons (Fsp3) is 0.368. The maximum Gasteiger partial charge on any atom is 0.242 e. The van der Waals surface area contributed by atoms with Crippen molar-refractivity contribution in [1.82, 2.24) is 9.21 Å². The molecule has 0 saturated carbocycles. The second-order valence-electron chi connectivity index (χ2n) is 6.12. The number of hydrogen-bond donors (Lipinski definition) is 0. The molecule has 0 unspecified atom stereocenters. The summed E-state index contributed by atoms with van der Waals surface area (Å²) in [6.45, 7) is 2.85. The molecule has 0 radical (unpaired) electrons. The summed E-state index contributed by atoms with van der Waals surface area (Å²) < 4.78 is 31.1. The minimum Gasteiger partial charge on any atom is -0.383 e. The van der Waals surface area contributed by atoms with Crippen molar-refractivity contribution in [1.29, 1.82) is 0 Å². The molecule has 0 saturated heterocycles. The molecule has 136 valence electrons. The molecule has 0 bridgehead atoms. The monoisotopic (exact) mass is 362 g/mol.